The van der Waals surface area contributed by atoms with Gasteiger partial charge in [0, 0.05) is 19.7 Å². The van der Waals surface area contributed by atoms with Crippen LogP contribution in [-0.2, 0) is 4.74 Å². The summed E-state index contributed by atoms with van der Waals surface area (Å²) < 4.78 is 4.99. The lowest BCUT2D eigenvalue weighted by Crippen LogP contribution is -2.33. The first kappa shape index (κ1) is 12.9. The van der Waals surface area contributed by atoms with Crippen LogP contribution < -0.4 is 5.73 Å². The molecule has 0 aromatic rings. The summed E-state index contributed by atoms with van der Waals surface area (Å²) in [5.41, 5.74) is 5.94. The third kappa shape index (κ3) is 6.99. The second kappa shape index (κ2) is 7.30. The van der Waals surface area contributed by atoms with Crippen molar-refractivity contribution in [3.8, 4) is 0 Å². The van der Waals surface area contributed by atoms with Gasteiger partial charge in [-0.3, -0.25) is 0 Å². The summed E-state index contributed by atoms with van der Waals surface area (Å²) in [5.74, 6) is 0.579. The van der Waals surface area contributed by atoms with Crippen LogP contribution in [0.3, 0.4) is 0 Å². The summed E-state index contributed by atoms with van der Waals surface area (Å²) in [4.78, 5) is 2.26. The molecule has 0 saturated carbocycles. The fourth-order valence-corrected chi connectivity index (χ4v) is 1.06. The van der Waals surface area contributed by atoms with Gasteiger partial charge in [-0.15, -0.1) is 0 Å². The maximum Gasteiger partial charge on any atom is 0.0589 e. The summed E-state index contributed by atoms with van der Waals surface area (Å²) in [7, 11) is 3.83. The van der Waals surface area contributed by atoms with E-state index in [9.17, 15) is 0 Å². The Balaban J connectivity index is 3.40. The molecule has 0 aromatic heterocycles. The number of methoxy groups -OCH3 is 1. The summed E-state index contributed by atoms with van der Waals surface area (Å²) >= 11 is 0. The van der Waals surface area contributed by atoms with Crippen LogP contribution in [0.15, 0.2) is 0 Å². The Labute approximate surface area is 82.2 Å². The molecule has 2 N–H and O–H groups in total. The molecule has 1 atom stereocenters. The third-order valence-electron chi connectivity index (χ3n) is 2.38. The molecule has 0 radical (unpaired) electrons. The molecule has 13 heavy (non-hydrogen) atoms. The molecule has 0 aliphatic rings. The molecule has 80 valence electrons. The number of nitrogens with zero attached hydrogens (tertiary/aromatic N) is 1. The average molecular weight is 188 g/mol. The van der Waals surface area contributed by atoms with Gasteiger partial charge in [-0.05, 0) is 25.9 Å². The monoisotopic (exact) mass is 188 g/mol. The van der Waals surface area contributed by atoms with Gasteiger partial charge in [0.15, 0.2) is 0 Å². The zero-order chi connectivity index (χ0) is 10.3. The van der Waals surface area contributed by atoms with E-state index < -0.39 is 0 Å². The summed E-state index contributed by atoms with van der Waals surface area (Å²) in [6.07, 6.45) is 1.07. The van der Waals surface area contributed by atoms with Gasteiger partial charge in [0.2, 0.25) is 0 Å². The van der Waals surface area contributed by atoms with Crippen LogP contribution in [0.2, 0.25) is 0 Å². The van der Waals surface area contributed by atoms with Gasteiger partial charge in [-0.25, -0.2) is 0 Å². The van der Waals surface area contributed by atoms with Crippen LogP contribution in [0.4, 0.5) is 0 Å². The Morgan fingerprint density at radius 3 is 2.38 bits per heavy atom. The molecule has 0 saturated heterocycles. The standard InChI is InChI=1S/C10H24N2O/c1-9(2)10(11)5-6-12(3)7-8-13-4/h9-10H,5-8,11H2,1-4H3. The van der Waals surface area contributed by atoms with Gasteiger partial charge in [0.25, 0.3) is 0 Å². The Bertz CT molecular complexity index is 117. The van der Waals surface area contributed by atoms with E-state index in [2.05, 4.69) is 25.8 Å². The van der Waals surface area contributed by atoms with Gasteiger partial charge in [-0.2, -0.15) is 0 Å². The molecule has 3 heteroatoms. The molecule has 0 bridgehead atoms. The molecule has 0 fully saturated rings. The van der Waals surface area contributed by atoms with Crippen LogP contribution in [0.5, 0.6) is 0 Å². The Hall–Kier alpha value is -0.120. The minimum atomic E-state index is 0.324. The smallest absolute Gasteiger partial charge is 0.0589 e. The van der Waals surface area contributed by atoms with Crippen LogP contribution >= 0.6 is 0 Å². The fraction of sp³-hybridized carbons (Fsp3) is 1.00. The highest BCUT2D eigenvalue weighted by Gasteiger charge is 2.08. The summed E-state index contributed by atoms with van der Waals surface area (Å²) in [6, 6.07) is 0.324. The van der Waals surface area contributed by atoms with E-state index in [1.807, 2.05) is 0 Å². The molecule has 1 unspecified atom stereocenters. The van der Waals surface area contributed by atoms with Gasteiger partial charge in [0.05, 0.1) is 6.61 Å². The van der Waals surface area contributed by atoms with Crippen molar-refractivity contribution in [3.63, 3.8) is 0 Å². The first-order chi connectivity index (χ1) is 6.07. The SMILES string of the molecule is COCCN(C)CCC(N)C(C)C. The maximum absolute atomic E-state index is 5.94. The lowest BCUT2D eigenvalue weighted by Gasteiger charge is -2.20. The predicted molar refractivity (Wildman–Crippen MR) is 56.8 cm³/mol. The highest BCUT2D eigenvalue weighted by Crippen LogP contribution is 2.03. The van der Waals surface area contributed by atoms with Crippen molar-refractivity contribution >= 4 is 0 Å². The van der Waals surface area contributed by atoms with Crippen molar-refractivity contribution in [1.82, 2.24) is 4.90 Å². The van der Waals surface area contributed by atoms with E-state index in [1.165, 1.54) is 0 Å². The van der Waals surface area contributed by atoms with Crippen LogP contribution in [-0.4, -0.2) is 44.8 Å². The number of ether oxygens (including phenoxy) is 1. The Kier molecular flexibility index (Phi) is 7.23. The van der Waals surface area contributed by atoms with Crippen molar-refractivity contribution in [2.45, 2.75) is 26.3 Å². The van der Waals surface area contributed by atoms with Gasteiger partial charge < -0.3 is 15.4 Å². The molecule has 0 amide bonds. The first-order valence-electron chi connectivity index (χ1n) is 5.01. The van der Waals surface area contributed by atoms with Crippen molar-refractivity contribution in [3.05, 3.63) is 0 Å². The van der Waals surface area contributed by atoms with Crippen molar-refractivity contribution < 1.29 is 4.74 Å². The zero-order valence-electron chi connectivity index (χ0n) is 9.42. The fourth-order valence-electron chi connectivity index (χ4n) is 1.06. The number of rotatable bonds is 7. The molecule has 0 aromatic carbocycles. The Morgan fingerprint density at radius 2 is 1.92 bits per heavy atom. The highest BCUT2D eigenvalue weighted by molar-refractivity contribution is 4.66. The van der Waals surface area contributed by atoms with Crippen molar-refractivity contribution in [2.75, 3.05) is 33.9 Å². The van der Waals surface area contributed by atoms with Crippen LogP contribution in [0, 0.1) is 5.92 Å². The number of hydrogen-bond donors (Lipinski definition) is 1. The number of nitrogens with two attached hydrogens (primary N) is 1. The quantitative estimate of drug-likeness (QED) is 0.646. The molecule has 3 nitrogen and oxygen atoms in total. The minimum Gasteiger partial charge on any atom is -0.383 e. The third-order valence-corrected chi connectivity index (χ3v) is 2.38. The molecular weight excluding hydrogens is 164 g/mol. The molecule has 0 spiro atoms. The van der Waals surface area contributed by atoms with E-state index in [0.29, 0.717) is 12.0 Å². The second-order valence-corrected chi connectivity index (χ2v) is 3.99. The molecule has 0 heterocycles. The van der Waals surface area contributed by atoms with E-state index in [0.717, 1.165) is 26.1 Å². The lowest BCUT2D eigenvalue weighted by molar-refractivity contribution is 0.158. The molecular formula is C10H24N2O. The summed E-state index contributed by atoms with van der Waals surface area (Å²) in [5, 5.41) is 0. The van der Waals surface area contributed by atoms with Gasteiger partial charge in [-0.1, -0.05) is 13.8 Å². The first-order valence-corrected chi connectivity index (χ1v) is 5.01. The number of likely N-dealkylation sites (N-methyl/N-ethyl adjacent to an activating group) is 1. The Morgan fingerprint density at radius 1 is 1.31 bits per heavy atom. The predicted octanol–water partition coefficient (Wildman–Crippen LogP) is 0.938. The topological polar surface area (TPSA) is 38.5 Å². The van der Waals surface area contributed by atoms with Gasteiger partial charge >= 0.3 is 0 Å². The molecule has 0 rings (SSSR count). The maximum atomic E-state index is 5.94. The molecule has 0 aliphatic carbocycles. The summed E-state index contributed by atoms with van der Waals surface area (Å²) in [6.45, 7) is 7.18. The second-order valence-electron chi connectivity index (χ2n) is 3.99. The normalized spacial score (nSPS) is 14.1. The largest absolute Gasteiger partial charge is 0.383 e. The number of hydrogen-bond acceptors (Lipinski definition) is 3. The lowest BCUT2D eigenvalue weighted by atomic mass is 10.0. The van der Waals surface area contributed by atoms with E-state index in [4.69, 9.17) is 10.5 Å². The van der Waals surface area contributed by atoms with E-state index in [1.54, 1.807) is 7.11 Å². The van der Waals surface area contributed by atoms with Gasteiger partial charge in [0.1, 0.15) is 0 Å². The highest BCUT2D eigenvalue weighted by atomic mass is 16.5. The minimum absolute atomic E-state index is 0.324. The van der Waals surface area contributed by atoms with Crippen LogP contribution in [0.25, 0.3) is 0 Å². The van der Waals surface area contributed by atoms with E-state index >= 15 is 0 Å². The zero-order valence-corrected chi connectivity index (χ0v) is 9.42. The average Bonchev–Trinajstić information content (AvgIpc) is 2.10. The van der Waals surface area contributed by atoms with Crippen LogP contribution in [0.1, 0.15) is 20.3 Å². The van der Waals surface area contributed by atoms with Crippen molar-refractivity contribution in [2.24, 2.45) is 11.7 Å². The van der Waals surface area contributed by atoms with Crippen molar-refractivity contribution in [1.29, 1.82) is 0 Å². The molecule has 0 aliphatic heterocycles. The van der Waals surface area contributed by atoms with E-state index in [-0.39, 0.29) is 0 Å².